The fourth-order valence-corrected chi connectivity index (χ4v) is 2.64. The molecule has 0 saturated carbocycles. The van der Waals surface area contributed by atoms with Crippen molar-refractivity contribution in [2.75, 3.05) is 0 Å². The molecule has 2 aromatic rings. The minimum atomic E-state index is -0.0831. The van der Waals surface area contributed by atoms with E-state index in [4.69, 9.17) is 23.2 Å². The van der Waals surface area contributed by atoms with E-state index in [9.17, 15) is 0 Å². The van der Waals surface area contributed by atoms with Crippen molar-refractivity contribution in [3.05, 3.63) is 44.6 Å². The zero-order valence-corrected chi connectivity index (χ0v) is 13.9. The smallest absolute Gasteiger partial charge is 0.162 e. The summed E-state index contributed by atoms with van der Waals surface area (Å²) in [5.41, 5.74) is 1.70. The topological polar surface area (TPSA) is 25.8 Å². The molecule has 0 bridgehead atoms. The quantitative estimate of drug-likeness (QED) is 0.627. The summed E-state index contributed by atoms with van der Waals surface area (Å²) in [6, 6.07) is 7.31. The molecule has 1 heterocycles. The highest BCUT2D eigenvalue weighted by Crippen LogP contribution is 2.31. The van der Waals surface area contributed by atoms with E-state index < -0.39 is 0 Å². The zero-order chi connectivity index (χ0) is 14.2. The molecule has 2 nitrogen and oxygen atoms in total. The van der Waals surface area contributed by atoms with Crippen LogP contribution in [0.4, 0.5) is 0 Å². The number of rotatable bonds is 1. The van der Waals surface area contributed by atoms with E-state index in [1.165, 1.54) is 0 Å². The molecule has 0 spiro atoms. The number of nitrogens with zero attached hydrogens (tertiary/aromatic N) is 2. The van der Waals surface area contributed by atoms with E-state index >= 15 is 0 Å². The lowest BCUT2D eigenvalue weighted by molar-refractivity contribution is 0.568. The molecule has 0 saturated heterocycles. The number of aromatic nitrogens is 2. The van der Waals surface area contributed by atoms with Gasteiger partial charge < -0.3 is 0 Å². The summed E-state index contributed by atoms with van der Waals surface area (Å²) < 4.78 is 0.849. The summed E-state index contributed by atoms with van der Waals surface area (Å²) >= 11 is 15.5. The molecule has 0 unspecified atom stereocenters. The predicted octanol–water partition coefficient (Wildman–Crippen LogP) is 5.51. The number of hydrogen-bond donors (Lipinski definition) is 0. The van der Waals surface area contributed by atoms with Crippen LogP contribution < -0.4 is 0 Å². The molecule has 0 amide bonds. The van der Waals surface area contributed by atoms with Crippen LogP contribution in [0.2, 0.25) is 10.2 Å². The highest BCUT2D eigenvalue weighted by atomic mass is 79.9. The van der Waals surface area contributed by atoms with E-state index in [0.717, 1.165) is 15.7 Å². The van der Waals surface area contributed by atoms with Gasteiger partial charge in [0.05, 0.1) is 5.69 Å². The lowest BCUT2D eigenvalue weighted by Crippen LogP contribution is -2.14. The van der Waals surface area contributed by atoms with Gasteiger partial charge in [-0.25, -0.2) is 9.97 Å². The first kappa shape index (κ1) is 14.8. The Bertz CT molecular complexity index is 621. The molecular weight excluding hydrogens is 347 g/mol. The Morgan fingerprint density at radius 3 is 2.32 bits per heavy atom. The van der Waals surface area contributed by atoms with Crippen molar-refractivity contribution in [3.8, 4) is 11.4 Å². The first-order valence-corrected chi connectivity index (χ1v) is 7.33. The van der Waals surface area contributed by atoms with Gasteiger partial charge in [-0.3, -0.25) is 0 Å². The van der Waals surface area contributed by atoms with Gasteiger partial charge in [-0.05, 0) is 40.2 Å². The minimum Gasteiger partial charge on any atom is -0.232 e. The Morgan fingerprint density at radius 1 is 1.05 bits per heavy atom. The molecule has 0 atom stereocenters. The summed E-state index contributed by atoms with van der Waals surface area (Å²) in [6.07, 6.45) is 0. The lowest BCUT2D eigenvalue weighted by Gasteiger charge is -2.18. The Balaban J connectivity index is 2.59. The maximum Gasteiger partial charge on any atom is 0.162 e. The van der Waals surface area contributed by atoms with Crippen LogP contribution in [0, 0.1) is 0 Å². The van der Waals surface area contributed by atoms with Crippen LogP contribution in [-0.2, 0) is 5.41 Å². The summed E-state index contributed by atoms with van der Waals surface area (Å²) in [5.74, 6) is 0.598. The summed E-state index contributed by atoms with van der Waals surface area (Å²) in [6.45, 7) is 6.27. The molecular formula is C14H13BrCl2N2. The summed E-state index contributed by atoms with van der Waals surface area (Å²) in [4.78, 5) is 8.89. The zero-order valence-electron chi connectivity index (χ0n) is 10.8. The van der Waals surface area contributed by atoms with E-state index in [0.29, 0.717) is 16.0 Å². The maximum absolute atomic E-state index is 6.10. The molecule has 0 radical (unpaired) electrons. The lowest BCUT2D eigenvalue weighted by atomic mass is 9.92. The molecule has 0 N–H and O–H groups in total. The van der Waals surface area contributed by atoms with Crippen molar-refractivity contribution in [2.45, 2.75) is 26.2 Å². The Kier molecular flexibility index (Phi) is 4.19. The molecule has 1 aromatic heterocycles. The maximum atomic E-state index is 6.10. The third kappa shape index (κ3) is 3.47. The number of hydrogen-bond acceptors (Lipinski definition) is 2. The molecule has 0 aliphatic rings. The second-order valence-corrected chi connectivity index (χ2v) is 6.95. The predicted molar refractivity (Wildman–Crippen MR) is 83.9 cm³/mol. The average molecular weight is 360 g/mol. The van der Waals surface area contributed by atoms with Crippen molar-refractivity contribution >= 4 is 39.1 Å². The third-order valence-corrected chi connectivity index (χ3v) is 3.72. The Morgan fingerprint density at radius 2 is 1.74 bits per heavy atom. The summed E-state index contributed by atoms with van der Waals surface area (Å²) in [5, 5.41) is 1.10. The fourth-order valence-electron chi connectivity index (χ4n) is 1.59. The monoisotopic (exact) mass is 358 g/mol. The third-order valence-electron chi connectivity index (χ3n) is 2.64. The Hall–Kier alpha value is -0.640. The largest absolute Gasteiger partial charge is 0.232 e. The molecule has 1 aromatic carbocycles. The van der Waals surface area contributed by atoms with Crippen molar-refractivity contribution in [1.29, 1.82) is 0 Å². The van der Waals surface area contributed by atoms with Crippen LogP contribution in [0.15, 0.2) is 28.7 Å². The Labute approximate surface area is 131 Å². The van der Waals surface area contributed by atoms with Crippen LogP contribution >= 0.6 is 39.1 Å². The second-order valence-electron chi connectivity index (χ2n) is 5.27. The minimum absolute atomic E-state index is 0.0831. The fraction of sp³-hybridized carbons (Fsp3) is 0.286. The van der Waals surface area contributed by atoms with Gasteiger partial charge in [-0.15, -0.1) is 0 Å². The van der Waals surface area contributed by atoms with E-state index in [1.54, 1.807) is 6.07 Å². The molecule has 19 heavy (non-hydrogen) atoms. The first-order valence-electron chi connectivity index (χ1n) is 5.78. The van der Waals surface area contributed by atoms with Crippen LogP contribution in [-0.4, -0.2) is 9.97 Å². The van der Waals surface area contributed by atoms with E-state index in [2.05, 4.69) is 46.7 Å². The van der Waals surface area contributed by atoms with Crippen molar-refractivity contribution in [3.63, 3.8) is 0 Å². The SMILES string of the molecule is CC(C)(C)c1cc(Cl)nc(-c2ccc(Cl)cc2Br)n1. The number of halogens is 3. The standard InChI is InChI=1S/C14H13BrCl2N2/c1-14(2,3)11-7-12(17)19-13(18-11)9-5-4-8(16)6-10(9)15/h4-7H,1-3H3. The second kappa shape index (κ2) is 5.39. The van der Waals surface area contributed by atoms with Crippen LogP contribution in [0.25, 0.3) is 11.4 Å². The van der Waals surface area contributed by atoms with Crippen LogP contribution in [0.3, 0.4) is 0 Å². The molecule has 5 heteroatoms. The van der Waals surface area contributed by atoms with Crippen molar-refractivity contribution < 1.29 is 0 Å². The van der Waals surface area contributed by atoms with Gasteiger partial charge in [-0.1, -0.05) is 44.0 Å². The normalized spacial score (nSPS) is 11.7. The van der Waals surface area contributed by atoms with E-state index in [1.807, 2.05) is 18.2 Å². The van der Waals surface area contributed by atoms with E-state index in [-0.39, 0.29) is 5.41 Å². The van der Waals surface area contributed by atoms with Gasteiger partial charge in [-0.2, -0.15) is 0 Å². The van der Waals surface area contributed by atoms with Crippen molar-refractivity contribution in [2.24, 2.45) is 0 Å². The molecule has 100 valence electrons. The number of benzene rings is 1. The van der Waals surface area contributed by atoms with Gasteiger partial charge in [0.15, 0.2) is 5.82 Å². The van der Waals surface area contributed by atoms with Crippen molar-refractivity contribution in [1.82, 2.24) is 9.97 Å². The van der Waals surface area contributed by atoms with Gasteiger partial charge in [0.2, 0.25) is 0 Å². The van der Waals surface area contributed by atoms with Gasteiger partial charge in [0.25, 0.3) is 0 Å². The van der Waals surface area contributed by atoms with Gasteiger partial charge in [0.1, 0.15) is 5.15 Å². The van der Waals surface area contributed by atoms with Crippen LogP contribution in [0.1, 0.15) is 26.5 Å². The van der Waals surface area contributed by atoms with Gasteiger partial charge >= 0.3 is 0 Å². The highest BCUT2D eigenvalue weighted by molar-refractivity contribution is 9.10. The molecule has 2 rings (SSSR count). The molecule has 0 aliphatic carbocycles. The first-order chi connectivity index (χ1) is 8.77. The average Bonchev–Trinajstić information content (AvgIpc) is 2.26. The molecule has 0 fully saturated rings. The van der Waals surface area contributed by atoms with Gasteiger partial charge in [0, 0.05) is 20.5 Å². The highest BCUT2D eigenvalue weighted by Gasteiger charge is 2.18. The molecule has 0 aliphatic heterocycles. The van der Waals surface area contributed by atoms with Crippen LogP contribution in [0.5, 0.6) is 0 Å². The summed E-state index contributed by atoms with van der Waals surface area (Å²) in [7, 11) is 0.